The third-order valence-electron chi connectivity index (χ3n) is 3.59. The van der Waals surface area contributed by atoms with E-state index >= 15 is 0 Å². The van der Waals surface area contributed by atoms with Crippen molar-refractivity contribution in [1.82, 2.24) is 4.72 Å². The van der Waals surface area contributed by atoms with E-state index in [-0.39, 0.29) is 5.75 Å². The topological polar surface area (TPSA) is 72.2 Å². The highest BCUT2D eigenvalue weighted by Gasteiger charge is 2.20. The third kappa shape index (κ3) is 5.51. The minimum atomic E-state index is -3.30. The SMILES string of the molecule is CC(C)C(CNS(=O)(=O)Cc1ccc(N)cc1)C(C)C. The first-order valence-corrected chi connectivity index (χ1v) is 8.68. The first-order valence-electron chi connectivity index (χ1n) is 7.03. The van der Waals surface area contributed by atoms with Gasteiger partial charge in [0.2, 0.25) is 10.0 Å². The van der Waals surface area contributed by atoms with Gasteiger partial charge in [0.15, 0.2) is 0 Å². The lowest BCUT2D eigenvalue weighted by molar-refractivity contribution is 0.289. The molecule has 5 heteroatoms. The summed E-state index contributed by atoms with van der Waals surface area (Å²) in [4.78, 5) is 0. The second-order valence-electron chi connectivity index (χ2n) is 6.00. The maximum absolute atomic E-state index is 12.1. The smallest absolute Gasteiger partial charge is 0.215 e. The van der Waals surface area contributed by atoms with Crippen LogP contribution >= 0.6 is 0 Å². The van der Waals surface area contributed by atoms with E-state index in [9.17, 15) is 8.42 Å². The predicted octanol–water partition coefficient (Wildman–Crippen LogP) is 2.62. The Morgan fingerprint density at radius 1 is 1.05 bits per heavy atom. The monoisotopic (exact) mass is 298 g/mol. The summed E-state index contributed by atoms with van der Waals surface area (Å²) in [6.45, 7) is 8.99. The molecule has 0 atom stereocenters. The van der Waals surface area contributed by atoms with Crippen molar-refractivity contribution in [2.24, 2.45) is 17.8 Å². The summed E-state index contributed by atoms with van der Waals surface area (Å²) in [5, 5.41) is 0. The number of nitrogens with two attached hydrogens (primary N) is 1. The van der Waals surface area contributed by atoms with Gasteiger partial charge in [-0.15, -0.1) is 0 Å². The molecule has 0 spiro atoms. The Morgan fingerprint density at radius 3 is 2.00 bits per heavy atom. The van der Waals surface area contributed by atoms with E-state index in [1.807, 2.05) is 0 Å². The van der Waals surface area contributed by atoms with E-state index in [4.69, 9.17) is 5.73 Å². The number of benzene rings is 1. The van der Waals surface area contributed by atoms with Crippen LogP contribution < -0.4 is 10.5 Å². The number of nitrogen functional groups attached to an aromatic ring is 1. The molecule has 4 nitrogen and oxygen atoms in total. The lowest BCUT2D eigenvalue weighted by Crippen LogP contribution is -2.34. The maximum Gasteiger partial charge on any atom is 0.215 e. The first-order chi connectivity index (χ1) is 9.21. The molecular formula is C15H26N2O2S. The van der Waals surface area contributed by atoms with E-state index in [0.29, 0.717) is 30.0 Å². The van der Waals surface area contributed by atoms with Crippen molar-refractivity contribution < 1.29 is 8.42 Å². The largest absolute Gasteiger partial charge is 0.399 e. The van der Waals surface area contributed by atoms with E-state index in [1.165, 1.54) is 0 Å². The van der Waals surface area contributed by atoms with Crippen LogP contribution in [0.15, 0.2) is 24.3 Å². The summed E-state index contributed by atoms with van der Waals surface area (Å²) in [6.07, 6.45) is 0. The van der Waals surface area contributed by atoms with Crippen LogP contribution in [0.5, 0.6) is 0 Å². The van der Waals surface area contributed by atoms with Crippen molar-refractivity contribution in [3.8, 4) is 0 Å². The predicted molar refractivity (Wildman–Crippen MR) is 84.6 cm³/mol. The molecule has 1 rings (SSSR count). The summed E-state index contributed by atoms with van der Waals surface area (Å²) in [6, 6.07) is 6.93. The van der Waals surface area contributed by atoms with Gasteiger partial charge in [0.25, 0.3) is 0 Å². The van der Waals surface area contributed by atoms with Gasteiger partial charge in [-0.3, -0.25) is 0 Å². The second kappa shape index (κ2) is 7.09. The molecular weight excluding hydrogens is 272 g/mol. The van der Waals surface area contributed by atoms with Crippen LogP contribution in [0.1, 0.15) is 33.3 Å². The third-order valence-corrected chi connectivity index (χ3v) is 4.91. The molecule has 0 amide bonds. The molecule has 114 valence electrons. The zero-order valence-electron chi connectivity index (χ0n) is 12.8. The normalized spacial score (nSPS) is 12.6. The van der Waals surface area contributed by atoms with Gasteiger partial charge in [-0.2, -0.15) is 0 Å². The molecule has 0 unspecified atom stereocenters. The van der Waals surface area contributed by atoms with Crippen LogP contribution in [0.25, 0.3) is 0 Å². The van der Waals surface area contributed by atoms with Crippen LogP contribution in [0, 0.1) is 17.8 Å². The Bertz CT molecular complexity index is 499. The summed E-state index contributed by atoms with van der Waals surface area (Å²) in [5.74, 6) is 1.25. The molecule has 0 radical (unpaired) electrons. The highest BCUT2D eigenvalue weighted by molar-refractivity contribution is 7.88. The Hall–Kier alpha value is -1.07. The Kier molecular flexibility index (Phi) is 6.02. The summed E-state index contributed by atoms with van der Waals surface area (Å²) < 4.78 is 26.9. The Balaban J connectivity index is 2.63. The zero-order valence-corrected chi connectivity index (χ0v) is 13.6. The lowest BCUT2D eigenvalue weighted by Gasteiger charge is -2.25. The Labute approximate surface area is 122 Å². The highest BCUT2D eigenvalue weighted by Crippen LogP contribution is 2.20. The summed E-state index contributed by atoms with van der Waals surface area (Å²) in [5.41, 5.74) is 6.98. The average Bonchev–Trinajstić information content (AvgIpc) is 2.31. The zero-order chi connectivity index (χ0) is 15.3. The quantitative estimate of drug-likeness (QED) is 0.760. The first kappa shape index (κ1) is 17.0. The van der Waals surface area contributed by atoms with Gasteiger partial charge >= 0.3 is 0 Å². The molecule has 0 aromatic heterocycles. The van der Waals surface area contributed by atoms with Gasteiger partial charge in [0, 0.05) is 12.2 Å². The van der Waals surface area contributed by atoms with E-state index < -0.39 is 10.0 Å². The van der Waals surface area contributed by atoms with E-state index in [1.54, 1.807) is 24.3 Å². The van der Waals surface area contributed by atoms with Crippen LogP contribution in [0.3, 0.4) is 0 Å². The molecule has 0 aliphatic carbocycles. The van der Waals surface area contributed by atoms with Crippen molar-refractivity contribution in [2.75, 3.05) is 12.3 Å². The van der Waals surface area contributed by atoms with Gasteiger partial charge in [-0.05, 0) is 35.4 Å². The molecule has 0 saturated carbocycles. The molecule has 0 bridgehead atoms. The molecule has 0 saturated heterocycles. The molecule has 1 aromatic carbocycles. The minimum absolute atomic E-state index is 0.00378. The van der Waals surface area contributed by atoms with Crippen LogP contribution in [0.4, 0.5) is 5.69 Å². The number of nitrogens with one attached hydrogen (secondary N) is 1. The van der Waals surface area contributed by atoms with E-state index in [0.717, 1.165) is 5.56 Å². The fraction of sp³-hybridized carbons (Fsp3) is 0.600. The number of rotatable bonds is 7. The lowest BCUT2D eigenvalue weighted by atomic mass is 9.86. The number of hydrogen-bond acceptors (Lipinski definition) is 3. The van der Waals surface area contributed by atoms with Crippen LogP contribution in [0.2, 0.25) is 0 Å². The van der Waals surface area contributed by atoms with E-state index in [2.05, 4.69) is 32.4 Å². The summed E-state index contributed by atoms with van der Waals surface area (Å²) >= 11 is 0. The molecule has 1 aromatic rings. The standard InChI is InChI=1S/C15H26N2O2S/c1-11(2)15(12(3)4)9-17-20(18,19)10-13-5-7-14(16)8-6-13/h5-8,11-12,15,17H,9-10,16H2,1-4H3. The Morgan fingerprint density at radius 2 is 1.55 bits per heavy atom. The fourth-order valence-electron chi connectivity index (χ4n) is 2.35. The minimum Gasteiger partial charge on any atom is -0.399 e. The van der Waals surface area contributed by atoms with Gasteiger partial charge < -0.3 is 5.73 Å². The second-order valence-corrected chi connectivity index (χ2v) is 7.81. The molecule has 0 aliphatic rings. The number of hydrogen-bond donors (Lipinski definition) is 2. The van der Waals surface area contributed by atoms with Gasteiger partial charge in [0.1, 0.15) is 0 Å². The van der Waals surface area contributed by atoms with Crippen molar-refractivity contribution in [2.45, 2.75) is 33.4 Å². The highest BCUT2D eigenvalue weighted by atomic mass is 32.2. The summed E-state index contributed by atoms with van der Waals surface area (Å²) in [7, 11) is -3.30. The number of sulfonamides is 1. The van der Waals surface area contributed by atoms with Crippen molar-refractivity contribution in [3.63, 3.8) is 0 Å². The van der Waals surface area contributed by atoms with Crippen molar-refractivity contribution in [3.05, 3.63) is 29.8 Å². The van der Waals surface area contributed by atoms with Crippen LogP contribution in [-0.4, -0.2) is 15.0 Å². The van der Waals surface area contributed by atoms with Crippen LogP contribution in [-0.2, 0) is 15.8 Å². The number of anilines is 1. The van der Waals surface area contributed by atoms with Crippen molar-refractivity contribution >= 4 is 15.7 Å². The fourth-order valence-corrected chi connectivity index (χ4v) is 3.53. The maximum atomic E-state index is 12.1. The average molecular weight is 298 g/mol. The molecule has 0 aliphatic heterocycles. The van der Waals surface area contributed by atoms with Crippen molar-refractivity contribution in [1.29, 1.82) is 0 Å². The molecule has 0 heterocycles. The molecule has 3 N–H and O–H groups in total. The van der Waals surface area contributed by atoms with Gasteiger partial charge in [-0.25, -0.2) is 13.1 Å². The van der Waals surface area contributed by atoms with Gasteiger partial charge in [-0.1, -0.05) is 39.8 Å². The molecule has 0 fully saturated rings. The molecule has 20 heavy (non-hydrogen) atoms. The van der Waals surface area contributed by atoms with Gasteiger partial charge in [0.05, 0.1) is 5.75 Å².